The molecule has 0 aliphatic carbocycles. The van der Waals surface area contributed by atoms with Crippen LogP contribution in [-0.4, -0.2) is 42.4 Å². The number of aliphatic hydroxyl groups is 1. The molecule has 8 heteroatoms. The summed E-state index contributed by atoms with van der Waals surface area (Å²) in [6.45, 7) is 4.51. The predicted octanol–water partition coefficient (Wildman–Crippen LogP) is 3.17. The maximum Gasteiger partial charge on any atom is 0.251 e. The molecule has 0 bridgehead atoms. The summed E-state index contributed by atoms with van der Waals surface area (Å²) in [5, 5.41) is 25.7. The molecule has 2 rings (SSSR count). The molecule has 1 atom stereocenters. The molecule has 6 nitrogen and oxygen atoms in total. The Morgan fingerprint density at radius 3 is 2.59 bits per heavy atom. The number of ether oxygens (including phenoxy) is 1. The number of hydrogen-bond donors (Lipinski definition) is 3. The van der Waals surface area contributed by atoms with Gasteiger partial charge in [0.15, 0.2) is 0 Å². The molecule has 0 aromatic heterocycles. The number of benzene rings is 2. The number of hydrogen-bond acceptors (Lipinski definition) is 5. The average molecular weight is 438 g/mol. The van der Waals surface area contributed by atoms with Crippen molar-refractivity contribution in [2.75, 3.05) is 19.7 Å². The van der Waals surface area contributed by atoms with Crippen LogP contribution in [0.4, 0.5) is 0 Å². The lowest BCUT2D eigenvalue weighted by Crippen LogP contribution is -2.51. The molecule has 0 unspecified atom stereocenters. The lowest BCUT2D eigenvalue weighted by atomic mass is 10.0. The number of amides is 1. The fourth-order valence-electron chi connectivity index (χ4n) is 2.43. The minimum atomic E-state index is -0.797. The lowest BCUT2D eigenvalue weighted by molar-refractivity contribution is 0.0913. The minimum Gasteiger partial charge on any atom is -0.489 e. The third-order valence-corrected chi connectivity index (χ3v) is 4.38. The zero-order valence-corrected chi connectivity index (χ0v) is 17.9. The Hall–Kier alpha value is -2.30. The molecule has 0 spiro atoms. The highest BCUT2D eigenvalue weighted by atomic mass is 35.5. The number of nitrogens with one attached hydrogen (secondary N) is 2. The standard InChI is InChI=1S/C21H24ClN3O3.ClH/c1-21(2,14-24-20(27)15-7-4-3-5-8-15)25-12-16(26)13-28-19-10-6-9-18(22)17(19)11-23;/h3-10,16,25-26H,12-14H2,1-2H3,(H,24,27);1H/t16-;/m1./s1. The van der Waals surface area contributed by atoms with Crippen molar-refractivity contribution in [3.63, 3.8) is 0 Å². The van der Waals surface area contributed by atoms with Crippen LogP contribution in [0.15, 0.2) is 48.5 Å². The number of nitrogens with zero attached hydrogens (tertiary/aromatic N) is 1. The van der Waals surface area contributed by atoms with Crippen LogP contribution in [0.25, 0.3) is 0 Å². The van der Waals surface area contributed by atoms with Crippen LogP contribution < -0.4 is 15.4 Å². The van der Waals surface area contributed by atoms with E-state index in [1.165, 1.54) is 0 Å². The van der Waals surface area contributed by atoms with Crippen molar-refractivity contribution in [3.05, 3.63) is 64.7 Å². The Bertz CT molecular complexity index is 839. The summed E-state index contributed by atoms with van der Waals surface area (Å²) in [6, 6.07) is 15.9. The third kappa shape index (κ3) is 7.92. The van der Waals surface area contributed by atoms with Gasteiger partial charge in [0.25, 0.3) is 5.91 Å². The van der Waals surface area contributed by atoms with Crippen LogP contribution in [0.5, 0.6) is 5.75 Å². The summed E-state index contributed by atoms with van der Waals surface area (Å²) in [6.07, 6.45) is -0.797. The molecule has 0 saturated carbocycles. The van der Waals surface area contributed by atoms with E-state index in [-0.39, 0.29) is 37.0 Å². The van der Waals surface area contributed by atoms with E-state index in [9.17, 15) is 9.90 Å². The molecule has 0 aliphatic rings. The van der Waals surface area contributed by atoms with Crippen LogP contribution in [0.1, 0.15) is 29.8 Å². The maximum absolute atomic E-state index is 12.1. The molecule has 156 valence electrons. The molecule has 0 fully saturated rings. The molecule has 0 radical (unpaired) electrons. The number of nitriles is 1. The average Bonchev–Trinajstić information content (AvgIpc) is 2.69. The van der Waals surface area contributed by atoms with Gasteiger partial charge >= 0.3 is 0 Å². The molecular formula is C21H25Cl2N3O3. The number of carbonyl (C=O) groups is 1. The van der Waals surface area contributed by atoms with Crippen molar-refractivity contribution in [2.45, 2.75) is 25.5 Å². The van der Waals surface area contributed by atoms with Crippen molar-refractivity contribution in [3.8, 4) is 11.8 Å². The van der Waals surface area contributed by atoms with E-state index < -0.39 is 11.6 Å². The van der Waals surface area contributed by atoms with Crippen molar-refractivity contribution in [1.82, 2.24) is 10.6 Å². The highest BCUT2D eigenvalue weighted by Gasteiger charge is 2.20. The topological polar surface area (TPSA) is 94.4 Å². The fraction of sp³-hybridized carbons (Fsp3) is 0.333. The van der Waals surface area contributed by atoms with Crippen LogP contribution in [-0.2, 0) is 0 Å². The molecule has 2 aromatic rings. The van der Waals surface area contributed by atoms with Crippen LogP contribution in [0, 0.1) is 11.3 Å². The van der Waals surface area contributed by atoms with Gasteiger partial charge in [-0.1, -0.05) is 35.9 Å². The predicted molar refractivity (Wildman–Crippen MR) is 116 cm³/mol. The van der Waals surface area contributed by atoms with Crippen molar-refractivity contribution in [1.29, 1.82) is 5.26 Å². The summed E-state index contributed by atoms with van der Waals surface area (Å²) < 4.78 is 5.53. The van der Waals surface area contributed by atoms with E-state index in [1.807, 2.05) is 38.1 Å². The first-order valence-corrected chi connectivity index (χ1v) is 9.28. The van der Waals surface area contributed by atoms with Gasteiger partial charge in [-0.2, -0.15) is 5.26 Å². The molecule has 0 saturated heterocycles. The van der Waals surface area contributed by atoms with Crippen molar-refractivity contribution < 1.29 is 14.6 Å². The van der Waals surface area contributed by atoms with Gasteiger partial charge in [-0.3, -0.25) is 4.79 Å². The largest absolute Gasteiger partial charge is 0.489 e. The van der Waals surface area contributed by atoms with Gasteiger partial charge in [0.2, 0.25) is 0 Å². The second-order valence-electron chi connectivity index (χ2n) is 7.00. The van der Waals surface area contributed by atoms with E-state index in [0.717, 1.165) is 0 Å². The summed E-state index contributed by atoms with van der Waals surface area (Å²) in [7, 11) is 0. The van der Waals surface area contributed by atoms with Gasteiger partial charge in [-0.15, -0.1) is 12.4 Å². The van der Waals surface area contributed by atoms with Gasteiger partial charge in [0.05, 0.1) is 5.02 Å². The number of β-amino-alcohol motifs (C(OH)–C–C–N with tert-alkyl or cyclic N) is 1. The summed E-state index contributed by atoms with van der Waals surface area (Å²) >= 11 is 5.96. The molecule has 0 aliphatic heterocycles. The van der Waals surface area contributed by atoms with E-state index in [1.54, 1.807) is 30.3 Å². The van der Waals surface area contributed by atoms with E-state index >= 15 is 0 Å². The normalized spacial score (nSPS) is 11.7. The Balaban J connectivity index is 0.00000420. The Labute approximate surface area is 182 Å². The van der Waals surface area contributed by atoms with E-state index in [0.29, 0.717) is 22.9 Å². The maximum atomic E-state index is 12.1. The Morgan fingerprint density at radius 2 is 1.93 bits per heavy atom. The van der Waals surface area contributed by atoms with Gasteiger partial charge < -0.3 is 20.5 Å². The first kappa shape index (κ1) is 24.7. The number of carbonyl (C=O) groups excluding carboxylic acids is 1. The van der Waals surface area contributed by atoms with Crippen LogP contribution in [0.2, 0.25) is 5.02 Å². The smallest absolute Gasteiger partial charge is 0.251 e. The third-order valence-electron chi connectivity index (χ3n) is 4.06. The van der Waals surface area contributed by atoms with E-state index in [2.05, 4.69) is 10.6 Å². The summed E-state index contributed by atoms with van der Waals surface area (Å²) in [5.41, 5.74) is 0.411. The second kappa shape index (κ2) is 11.6. The van der Waals surface area contributed by atoms with Crippen LogP contribution >= 0.6 is 24.0 Å². The second-order valence-corrected chi connectivity index (χ2v) is 7.41. The molecule has 1 amide bonds. The number of halogens is 2. The Morgan fingerprint density at radius 1 is 1.24 bits per heavy atom. The van der Waals surface area contributed by atoms with Crippen molar-refractivity contribution >= 4 is 29.9 Å². The van der Waals surface area contributed by atoms with Gasteiger partial charge in [0, 0.05) is 24.2 Å². The lowest BCUT2D eigenvalue weighted by Gasteiger charge is -2.28. The van der Waals surface area contributed by atoms with Gasteiger partial charge in [-0.25, -0.2) is 0 Å². The SMILES string of the molecule is CC(C)(CNC(=O)c1ccccc1)NC[C@@H](O)COc1cccc(Cl)c1C#N.Cl. The Kier molecular flexibility index (Phi) is 9.93. The first-order chi connectivity index (χ1) is 13.3. The minimum absolute atomic E-state index is 0. The molecular weight excluding hydrogens is 413 g/mol. The highest BCUT2D eigenvalue weighted by Crippen LogP contribution is 2.25. The monoisotopic (exact) mass is 437 g/mol. The fourth-order valence-corrected chi connectivity index (χ4v) is 2.64. The number of aliphatic hydroxyl groups excluding tert-OH is 1. The highest BCUT2D eigenvalue weighted by molar-refractivity contribution is 6.31. The summed E-state index contributed by atoms with van der Waals surface area (Å²) in [4.78, 5) is 12.1. The first-order valence-electron chi connectivity index (χ1n) is 8.90. The molecule has 29 heavy (non-hydrogen) atoms. The van der Waals surface area contributed by atoms with Gasteiger partial charge in [0.1, 0.15) is 30.1 Å². The zero-order chi connectivity index (χ0) is 20.6. The van der Waals surface area contributed by atoms with Crippen molar-refractivity contribution in [2.24, 2.45) is 0 Å². The molecule has 2 aromatic carbocycles. The van der Waals surface area contributed by atoms with E-state index in [4.69, 9.17) is 21.6 Å². The molecule has 3 N–H and O–H groups in total. The van der Waals surface area contributed by atoms with Crippen LogP contribution in [0.3, 0.4) is 0 Å². The quantitative estimate of drug-likeness (QED) is 0.559. The van der Waals surface area contributed by atoms with Gasteiger partial charge in [-0.05, 0) is 38.1 Å². The molecule has 0 heterocycles. The number of rotatable bonds is 9. The zero-order valence-electron chi connectivity index (χ0n) is 16.3. The summed E-state index contributed by atoms with van der Waals surface area (Å²) in [5.74, 6) is 0.188.